The minimum absolute atomic E-state index is 0.207. The summed E-state index contributed by atoms with van der Waals surface area (Å²) in [5, 5.41) is 9.24. The third kappa shape index (κ3) is 4.42. The van der Waals surface area contributed by atoms with Crippen LogP contribution in [0.1, 0.15) is 21.5 Å². The van der Waals surface area contributed by atoms with Crippen molar-refractivity contribution in [2.24, 2.45) is 0 Å². The van der Waals surface area contributed by atoms with Crippen LogP contribution < -0.4 is 21.5 Å². The molecule has 1 aromatic heterocycles. The van der Waals surface area contributed by atoms with E-state index < -0.39 is 11.6 Å². The van der Waals surface area contributed by atoms with Crippen LogP contribution in [-0.4, -0.2) is 27.4 Å². The molecule has 3 aromatic carbocycles. The zero-order chi connectivity index (χ0) is 23.4. The zero-order valence-electron chi connectivity index (χ0n) is 18.0. The van der Waals surface area contributed by atoms with Crippen molar-refractivity contribution in [2.75, 3.05) is 7.11 Å². The van der Waals surface area contributed by atoms with E-state index in [1.54, 1.807) is 65.7 Å². The Bertz CT molecular complexity index is 1420. The fourth-order valence-electron chi connectivity index (χ4n) is 3.87. The highest BCUT2D eigenvalue weighted by molar-refractivity contribution is 5.93. The number of amides is 1. The standard InChI is InChI=1S/C25H23N3O5/c1-33-22-9-5-2-6-18(22)14-15-27-24(30)20-7-3-4-8-21(20)28(25(27)31)16-17-10-12-19(13-11-17)23(29)26-32/h2-13,32H,14-16H2,1H3,(H,26,29). The predicted octanol–water partition coefficient (Wildman–Crippen LogP) is 2.58. The van der Waals surface area contributed by atoms with Gasteiger partial charge in [-0.25, -0.2) is 10.3 Å². The Kier molecular flexibility index (Phi) is 6.37. The third-order valence-corrected chi connectivity index (χ3v) is 5.59. The summed E-state index contributed by atoms with van der Waals surface area (Å²) in [6.45, 7) is 0.424. The van der Waals surface area contributed by atoms with Crippen molar-refractivity contribution >= 4 is 16.8 Å². The van der Waals surface area contributed by atoms with E-state index in [-0.39, 0.29) is 18.6 Å². The largest absolute Gasteiger partial charge is 0.496 e. The highest BCUT2D eigenvalue weighted by atomic mass is 16.5. The number of hydrogen-bond donors (Lipinski definition) is 2. The fourth-order valence-corrected chi connectivity index (χ4v) is 3.87. The second kappa shape index (κ2) is 9.54. The maximum Gasteiger partial charge on any atom is 0.331 e. The number of nitrogens with one attached hydrogen (secondary N) is 1. The van der Waals surface area contributed by atoms with Crippen LogP contribution in [0.4, 0.5) is 0 Å². The smallest absolute Gasteiger partial charge is 0.331 e. The molecule has 0 saturated carbocycles. The number of carbonyl (C=O) groups is 1. The number of aryl methyl sites for hydroxylation is 1. The van der Waals surface area contributed by atoms with E-state index in [9.17, 15) is 14.4 Å². The topological polar surface area (TPSA) is 103 Å². The van der Waals surface area contributed by atoms with Crippen LogP contribution in [0.25, 0.3) is 10.9 Å². The molecule has 33 heavy (non-hydrogen) atoms. The van der Waals surface area contributed by atoms with E-state index in [0.29, 0.717) is 28.6 Å². The zero-order valence-corrected chi connectivity index (χ0v) is 18.0. The number of fused-ring (bicyclic) bond motifs is 1. The lowest BCUT2D eigenvalue weighted by Crippen LogP contribution is -2.40. The number of hydroxylamine groups is 1. The van der Waals surface area contributed by atoms with E-state index in [1.807, 2.05) is 24.3 Å². The van der Waals surface area contributed by atoms with Gasteiger partial charge in [0.2, 0.25) is 0 Å². The minimum atomic E-state index is -0.617. The number of methoxy groups -OCH3 is 1. The first kappa shape index (κ1) is 22.0. The molecule has 1 heterocycles. The molecule has 0 radical (unpaired) electrons. The van der Waals surface area contributed by atoms with Gasteiger partial charge in [-0.3, -0.25) is 23.9 Å². The molecular weight excluding hydrogens is 422 g/mol. The summed E-state index contributed by atoms with van der Waals surface area (Å²) in [4.78, 5) is 38.1. The minimum Gasteiger partial charge on any atom is -0.496 e. The van der Waals surface area contributed by atoms with Gasteiger partial charge in [0.25, 0.3) is 11.5 Å². The highest BCUT2D eigenvalue weighted by Crippen LogP contribution is 2.18. The number of aromatic nitrogens is 2. The van der Waals surface area contributed by atoms with Crippen LogP contribution in [0, 0.1) is 0 Å². The third-order valence-electron chi connectivity index (χ3n) is 5.59. The normalized spacial score (nSPS) is 10.8. The van der Waals surface area contributed by atoms with Gasteiger partial charge in [-0.15, -0.1) is 0 Å². The molecule has 0 aliphatic rings. The van der Waals surface area contributed by atoms with Gasteiger partial charge in [-0.05, 0) is 47.9 Å². The van der Waals surface area contributed by atoms with Gasteiger partial charge in [0.15, 0.2) is 0 Å². The van der Waals surface area contributed by atoms with Gasteiger partial charge in [0, 0.05) is 12.1 Å². The first-order valence-corrected chi connectivity index (χ1v) is 10.4. The molecule has 1 amide bonds. The van der Waals surface area contributed by atoms with Gasteiger partial charge in [0.1, 0.15) is 5.75 Å². The summed E-state index contributed by atoms with van der Waals surface area (Å²) in [5.41, 5.74) is 3.35. The Hall–Kier alpha value is -4.17. The molecule has 2 N–H and O–H groups in total. The summed E-state index contributed by atoms with van der Waals surface area (Å²) >= 11 is 0. The van der Waals surface area contributed by atoms with Crippen molar-refractivity contribution in [3.8, 4) is 5.75 Å². The van der Waals surface area contributed by atoms with Crippen LogP contribution >= 0.6 is 0 Å². The van der Waals surface area contributed by atoms with Gasteiger partial charge < -0.3 is 4.74 Å². The Labute approximate surface area is 189 Å². The number of ether oxygens (including phenoxy) is 1. The van der Waals surface area contributed by atoms with Crippen molar-refractivity contribution in [3.63, 3.8) is 0 Å². The molecule has 0 spiro atoms. The van der Waals surface area contributed by atoms with E-state index >= 15 is 0 Å². The summed E-state index contributed by atoms with van der Waals surface area (Å²) in [6.07, 6.45) is 0.461. The van der Waals surface area contributed by atoms with Crippen molar-refractivity contribution in [3.05, 3.63) is 110 Å². The van der Waals surface area contributed by atoms with E-state index in [4.69, 9.17) is 9.94 Å². The fraction of sp³-hybridized carbons (Fsp3) is 0.160. The molecule has 0 aliphatic carbocycles. The number of hydrogen-bond acceptors (Lipinski definition) is 5. The average molecular weight is 445 g/mol. The summed E-state index contributed by atoms with van der Waals surface area (Å²) in [5.74, 6) is 0.0905. The lowest BCUT2D eigenvalue weighted by Gasteiger charge is -2.15. The monoisotopic (exact) mass is 445 g/mol. The molecule has 0 atom stereocenters. The van der Waals surface area contributed by atoms with Crippen LogP contribution in [0.2, 0.25) is 0 Å². The van der Waals surface area contributed by atoms with Crippen LogP contribution in [0.5, 0.6) is 5.75 Å². The molecule has 8 heteroatoms. The molecule has 4 rings (SSSR count). The summed E-state index contributed by atoms with van der Waals surface area (Å²) in [7, 11) is 1.59. The first-order valence-electron chi connectivity index (χ1n) is 10.4. The van der Waals surface area contributed by atoms with E-state index in [0.717, 1.165) is 11.1 Å². The molecule has 168 valence electrons. The average Bonchev–Trinajstić information content (AvgIpc) is 2.86. The molecule has 8 nitrogen and oxygen atoms in total. The lowest BCUT2D eigenvalue weighted by molar-refractivity contribution is 0.0706. The van der Waals surface area contributed by atoms with Gasteiger partial charge >= 0.3 is 5.69 Å². The maximum atomic E-state index is 13.4. The van der Waals surface area contributed by atoms with Crippen LogP contribution in [0.3, 0.4) is 0 Å². The molecule has 0 bridgehead atoms. The number of nitrogens with zero attached hydrogens (tertiary/aromatic N) is 2. The molecule has 0 aliphatic heterocycles. The number of benzene rings is 3. The predicted molar refractivity (Wildman–Crippen MR) is 124 cm³/mol. The molecule has 0 saturated heterocycles. The first-order chi connectivity index (χ1) is 16.0. The van der Waals surface area contributed by atoms with E-state index in [2.05, 4.69) is 0 Å². The van der Waals surface area contributed by atoms with Gasteiger partial charge in [0.05, 0.1) is 24.6 Å². The lowest BCUT2D eigenvalue weighted by atomic mass is 10.1. The quantitative estimate of drug-likeness (QED) is 0.336. The van der Waals surface area contributed by atoms with Crippen LogP contribution in [-0.2, 0) is 19.5 Å². The summed E-state index contributed by atoms with van der Waals surface area (Å²) < 4.78 is 8.19. The Morgan fingerprint density at radius 3 is 2.36 bits per heavy atom. The van der Waals surface area contributed by atoms with Crippen molar-refractivity contribution in [1.29, 1.82) is 0 Å². The Morgan fingerprint density at radius 2 is 1.64 bits per heavy atom. The second-order valence-corrected chi connectivity index (χ2v) is 7.54. The highest BCUT2D eigenvalue weighted by Gasteiger charge is 2.14. The Balaban J connectivity index is 1.74. The SMILES string of the molecule is COc1ccccc1CCn1c(=O)c2ccccc2n(Cc2ccc(C(=O)NO)cc2)c1=O. The molecular formula is C25H23N3O5. The van der Waals surface area contributed by atoms with Crippen LogP contribution in [0.15, 0.2) is 82.4 Å². The number of carbonyl (C=O) groups excluding carboxylic acids is 1. The second-order valence-electron chi connectivity index (χ2n) is 7.54. The number of rotatable bonds is 7. The maximum absolute atomic E-state index is 13.4. The van der Waals surface area contributed by atoms with Gasteiger partial charge in [-0.2, -0.15) is 0 Å². The van der Waals surface area contributed by atoms with E-state index in [1.165, 1.54) is 4.57 Å². The van der Waals surface area contributed by atoms with Crippen molar-refractivity contribution < 1.29 is 14.7 Å². The molecule has 0 unspecified atom stereocenters. The van der Waals surface area contributed by atoms with Gasteiger partial charge in [-0.1, -0.05) is 42.5 Å². The van der Waals surface area contributed by atoms with Crippen molar-refractivity contribution in [2.45, 2.75) is 19.5 Å². The van der Waals surface area contributed by atoms with Crippen molar-refractivity contribution in [1.82, 2.24) is 14.6 Å². The Morgan fingerprint density at radius 1 is 0.939 bits per heavy atom. The molecule has 0 fully saturated rings. The summed E-state index contributed by atoms with van der Waals surface area (Å²) in [6, 6.07) is 21.1. The molecule has 4 aromatic rings. The number of para-hydroxylation sites is 2.